The van der Waals surface area contributed by atoms with Crippen LogP contribution in [-0.2, 0) is 16.1 Å². The van der Waals surface area contributed by atoms with Crippen LogP contribution < -0.4 is 15.5 Å². The highest BCUT2D eigenvalue weighted by atomic mass is 16.3. The summed E-state index contributed by atoms with van der Waals surface area (Å²) in [6, 6.07) is 28.4. The molecule has 0 aliphatic rings. The highest BCUT2D eigenvalue weighted by Crippen LogP contribution is 2.31. The number of carbonyl (C=O) groups excluding carboxylic acids is 2. The predicted molar refractivity (Wildman–Crippen MR) is 163 cm³/mol. The van der Waals surface area contributed by atoms with Crippen molar-refractivity contribution >= 4 is 24.2 Å². The van der Waals surface area contributed by atoms with Crippen molar-refractivity contribution in [1.29, 1.82) is 0 Å². The first-order valence-electron chi connectivity index (χ1n) is 14.1. The molecular weight excluding hydrogens is 500 g/mol. The van der Waals surface area contributed by atoms with Crippen LogP contribution in [0.5, 0.6) is 0 Å². The lowest BCUT2D eigenvalue weighted by atomic mass is 9.94. The summed E-state index contributed by atoms with van der Waals surface area (Å²) in [6.07, 6.45) is 3.38. The maximum absolute atomic E-state index is 11.8. The zero-order valence-corrected chi connectivity index (χ0v) is 23.9. The molecule has 0 fully saturated rings. The van der Waals surface area contributed by atoms with Gasteiger partial charge in [-0.05, 0) is 67.6 Å². The number of para-hydroxylation sites is 2. The second-order valence-electron chi connectivity index (χ2n) is 10.6. The summed E-state index contributed by atoms with van der Waals surface area (Å²) in [5, 5.41) is 16.0. The number of hydrogen-bond acceptors (Lipinski definition) is 5. The van der Waals surface area contributed by atoms with Crippen LogP contribution >= 0.6 is 0 Å². The normalized spacial score (nSPS) is 13.4. The summed E-state index contributed by atoms with van der Waals surface area (Å²) in [7, 11) is 2.07. The number of likely N-dealkylation sites (N-methyl/N-ethyl adjacent to an activating group) is 1. The zero-order chi connectivity index (χ0) is 28.7. The molecule has 214 valence electrons. The predicted octanol–water partition coefficient (Wildman–Crippen LogP) is 4.84. The van der Waals surface area contributed by atoms with E-state index < -0.39 is 0 Å². The molecule has 0 saturated heterocycles. The Kier molecular flexibility index (Phi) is 12.7. The van der Waals surface area contributed by atoms with Crippen molar-refractivity contribution < 1.29 is 14.7 Å². The fourth-order valence-electron chi connectivity index (χ4n) is 5.29. The Morgan fingerprint density at radius 3 is 1.90 bits per heavy atom. The average molecular weight is 545 g/mol. The number of aliphatic hydroxyl groups excluding tert-OH is 1. The summed E-state index contributed by atoms with van der Waals surface area (Å²) in [4.78, 5) is 27.5. The fourth-order valence-corrected chi connectivity index (χ4v) is 5.29. The molecule has 40 heavy (non-hydrogen) atoms. The lowest BCUT2D eigenvalue weighted by Crippen LogP contribution is -2.50. The van der Waals surface area contributed by atoms with Crippen LogP contribution in [-0.4, -0.2) is 61.2 Å². The van der Waals surface area contributed by atoms with Crippen LogP contribution in [0.25, 0.3) is 0 Å². The molecule has 0 heterocycles. The quantitative estimate of drug-likeness (QED) is 0.200. The molecule has 0 aliphatic heterocycles. The molecule has 0 spiro atoms. The van der Waals surface area contributed by atoms with Crippen molar-refractivity contribution in [1.82, 2.24) is 15.5 Å². The van der Waals surface area contributed by atoms with Gasteiger partial charge in [0.1, 0.15) is 0 Å². The molecule has 0 saturated carbocycles. The molecule has 3 rings (SSSR count). The van der Waals surface area contributed by atoms with Gasteiger partial charge in [-0.15, -0.1) is 0 Å². The van der Waals surface area contributed by atoms with Crippen molar-refractivity contribution in [2.24, 2.45) is 0 Å². The maximum Gasteiger partial charge on any atom is 0.207 e. The van der Waals surface area contributed by atoms with E-state index in [1.165, 1.54) is 11.1 Å². The summed E-state index contributed by atoms with van der Waals surface area (Å²) < 4.78 is 0. The van der Waals surface area contributed by atoms with E-state index in [0.717, 1.165) is 37.2 Å². The molecule has 3 N–H and O–H groups in total. The molecule has 3 aromatic carbocycles. The number of benzene rings is 3. The monoisotopic (exact) mass is 544 g/mol. The molecule has 0 aromatic heterocycles. The number of anilines is 2. The molecule has 7 heteroatoms. The molecule has 3 atom stereocenters. The minimum Gasteiger partial charge on any atom is -0.396 e. The Morgan fingerprint density at radius 2 is 1.40 bits per heavy atom. The van der Waals surface area contributed by atoms with Crippen molar-refractivity contribution in [3.63, 3.8) is 0 Å². The van der Waals surface area contributed by atoms with Crippen LogP contribution in [0.1, 0.15) is 50.2 Å². The first kappa shape index (κ1) is 30.9. The number of aliphatic hydroxyl groups is 1. The molecule has 1 unspecified atom stereocenters. The Hall–Kier alpha value is -3.68. The minimum atomic E-state index is -0.234. The standard InChI is InChI=1S/C33H44N4O3/c1-26(2)28-16-14-27(15-17-28)23-36(3)31(22-34-24-39)18-19-32(35-25-40)33(20-21-38)37(29-10-6-4-7-11-29)30-12-8-5-9-13-30/h4-17,24-26,31-33,38H,18-23H2,1-3H3,(H,34,39)(H,35,40)/t31?,32-,33-/m1/s1. The molecule has 0 radical (unpaired) electrons. The molecular formula is C33H44N4O3. The second-order valence-corrected chi connectivity index (χ2v) is 10.6. The number of carbonyl (C=O) groups is 2. The van der Waals surface area contributed by atoms with E-state index in [4.69, 9.17) is 0 Å². The van der Waals surface area contributed by atoms with Crippen molar-refractivity contribution in [3.05, 3.63) is 96.1 Å². The van der Waals surface area contributed by atoms with E-state index in [1.807, 2.05) is 60.7 Å². The summed E-state index contributed by atoms with van der Waals surface area (Å²) in [5.74, 6) is 0.483. The number of nitrogens with one attached hydrogen (secondary N) is 2. The van der Waals surface area contributed by atoms with Gasteiger partial charge in [-0.25, -0.2) is 0 Å². The SMILES string of the molecule is CC(C)c1ccc(CN(C)C(CC[C@@H](NC=O)[C@@H](CCO)N(c2ccccc2)c2ccccc2)CNC=O)cc1. The Morgan fingerprint density at radius 1 is 0.800 bits per heavy atom. The van der Waals surface area contributed by atoms with Crippen LogP contribution in [0.2, 0.25) is 0 Å². The van der Waals surface area contributed by atoms with Gasteiger partial charge in [0.15, 0.2) is 0 Å². The third-order valence-corrected chi connectivity index (χ3v) is 7.52. The van der Waals surface area contributed by atoms with E-state index in [2.05, 4.69) is 65.6 Å². The summed E-state index contributed by atoms with van der Waals surface area (Å²) in [6.45, 7) is 5.61. The number of amides is 2. The van der Waals surface area contributed by atoms with E-state index in [0.29, 0.717) is 25.3 Å². The van der Waals surface area contributed by atoms with Gasteiger partial charge in [-0.3, -0.25) is 14.5 Å². The smallest absolute Gasteiger partial charge is 0.207 e. The van der Waals surface area contributed by atoms with Gasteiger partial charge in [0.2, 0.25) is 12.8 Å². The van der Waals surface area contributed by atoms with Gasteiger partial charge in [-0.2, -0.15) is 0 Å². The Bertz CT molecular complexity index is 1090. The highest BCUT2D eigenvalue weighted by molar-refractivity contribution is 5.64. The van der Waals surface area contributed by atoms with Gasteiger partial charge >= 0.3 is 0 Å². The van der Waals surface area contributed by atoms with Gasteiger partial charge < -0.3 is 20.6 Å². The van der Waals surface area contributed by atoms with Gasteiger partial charge in [0.05, 0.1) is 6.04 Å². The molecule has 0 bridgehead atoms. The third-order valence-electron chi connectivity index (χ3n) is 7.52. The number of nitrogens with zero attached hydrogens (tertiary/aromatic N) is 2. The van der Waals surface area contributed by atoms with E-state index in [9.17, 15) is 14.7 Å². The van der Waals surface area contributed by atoms with E-state index in [1.54, 1.807) is 0 Å². The van der Waals surface area contributed by atoms with Gasteiger partial charge in [0.25, 0.3) is 0 Å². The van der Waals surface area contributed by atoms with Crippen molar-refractivity contribution in [2.45, 2.75) is 63.7 Å². The summed E-state index contributed by atoms with van der Waals surface area (Å²) >= 11 is 0. The van der Waals surface area contributed by atoms with Gasteiger partial charge in [-0.1, -0.05) is 74.5 Å². The van der Waals surface area contributed by atoms with E-state index >= 15 is 0 Å². The second kappa shape index (κ2) is 16.4. The van der Waals surface area contributed by atoms with Gasteiger partial charge in [0, 0.05) is 43.2 Å². The minimum absolute atomic E-state index is 0.0136. The number of rotatable bonds is 18. The lowest BCUT2D eigenvalue weighted by molar-refractivity contribution is -0.110. The molecule has 2 amide bonds. The Balaban J connectivity index is 1.83. The first-order valence-corrected chi connectivity index (χ1v) is 14.1. The fraction of sp³-hybridized carbons (Fsp3) is 0.394. The number of hydrogen-bond donors (Lipinski definition) is 3. The van der Waals surface area contributed by atoms with Crippen molar-refractivity contribution in [3.8, 4) is 0 Å². The van der Waals surface area contributed by atoms with Crippen LogP contribution in [0, 0.1) is 0 Å². The lowest BCUT2D eigenvalue weighted by Gasteiger charge is -2.39. The van der Waals surface area contributed by atoms with Crippen LogP contribution in [0.15, 0.2) is 84.9 Å². The van der Waals surface area contributed by atoms with Crippen LogP contribution in [0.3, 0.4) is 0 Å². The maximum atomic E-state index is 11.8. The Labute approximate surface area is 239 Å². The summed E-state index contributed by atoms with van der Waals surface area (Å²) in [5.41, 5.74) is 4.50. The third kappa shape index (κ3) is 8.93. The van der Waals surface area contributed by atoms with Crippen LogP contribution in [0.4, 0.5) is 11.4 Å². The zero-order valence-electron chi connectivity index (χ0n) is 23.9. The van der Waals surface area contributed by atoms with E-state index in [-0.39, 0.29) is 24.7 Å². The average Bonchev–Trinajstić information content (AvgIpc) is 2.97. The van der Waals surface area contributed by atoms with Crippen molar-refractivity contribution in [2.75, 3.05) is 25.1 Å². The highest BCUT2D eigenvalue weighted by Gasteiger charge is 2.30. The first-order chi connectivity index (χ1) is 19.5. The largest absolute Gasteiger partial charge is 0.396 e. The molecule has 0 aliphatic carbocycles. The topological polar surface area (TPSA) is 84.9 Å². The molecule has 3 aromatic rings. The molecule has 7 nitrogen and oxygen atoms in total.